The topological polar surface area (TPSA) is 61.8 Å². The Labute approximate surface area is 225 Å². The van der Waals surface area contributed by atoms with Gasteiger partial charge in [0.05, 0.1) is 7.11 Å². The third-order valence-corrected chi connectivity index (χ3v) is 12.5. The fourth-order valence-corrected chi connectivity index (χ4v) is 5.24. The second-order valence-corrected chi connectivity index (χ2v) is 17.2. The Bertz CT molecular complexity index is 1310. The maximum absolute atomic E-state index is 13.1. The molecule has 0 fully saturated rings. The molecule has 2 aromatic rings. The predicted molar refractivity (Wildman–Crippen MR) is 156 cm³/mol. The van der Waals surface area contributed by atoms with Crippen LogP contribution in [0.1, 0.15) is 64.2 Å². The minimum absolute atomic E-state index is 0.0602. The summed E-state index contributed by atoms with van der Waals surface area (Å²) in [6, 6.07) is 8.27. The van der Waals surface area contributed by atoms with Crippen LogP contribution in [0.5, 0.6) is 17.2 Å². The lowest BCUT2D eigenvalue weighted by Gasteiger charge is -2.38. The summed E-state index contributed by atoms with van der Waals surface area (Å²) in [5.41, 5.74) is 7.34. The number of benzene rings is 2. The number of allylic oxidation sites excluding steroid dienone is 2. The smallest absolute Gasteiger partial charge is 0.339 e. The van der Waals surface area contributed by atoms with E-state index in [-0.39, 0.29) is 15.7 Å². The molecule has 0 unspecified atom stereocenters. The van der Waals surface area contributed by atoms with Gasteiger partial charge >= 0.3 is 10.1 Å². The van der Waals surface area contributed by atoms with Crippen LogP contribution in [0.4, 0.5) is 0 Å². The molecule has 0 aliphatic carbocycles. The first-order valence-corrected chi connectivity index (χ1v) is 16.9. The summed E-state index contributed by atoms with van der Waals surface area (Å²) in [5.74, 6) is 1.20. The number of hydrogen-bond donors (Lipinski definition) is 0. The van der Waals surface area contributed by atoms with Crippen molar-refractivity contribution in [2.75, 3.05) is 7.11 Å². The minimum atomic E-state index is -4.06. The summed E-state index contributed by atoms with van der Waals surface area (Å²) in [6.45, 7) is 22.9. The number of aryl methyl sites for hydroxylation is 1. The molecule has 0 aliphatic rings. The van der Waals surface area contributed by atoms with E-state index in [1.165, 1.54) is 0 Å². The standard InChI is InChI=1S/C30H42O5SSi/c1-12-21(2)14-13-15-23(4)26-20-27(34-36(31,32)25-18-16-22(3)17-19-25)24(5)28(33-9)29(26)35-37(10,11)30(6,7)8/h13,16-20H,4,12,15H2,1-3,5-11H3. The molecule has 0 aliphatic heterocycles. The summed E-state index contributed by atoms with van der Waals surface area (Å²) >= 11 is 0. The molecule has 0 aromatic heterocycles. The number of methoxy groups -OCH3 is 1. The molecule has 0 bridgehead atoms. The fourth-order valence-electron chi connectivity index (χ4n) is 3.25. The summed E-state index contributed by atoms with van der Waals surface area (Å²) in [7, 11) is -4.79. The highest BCUT2D eigenvalue weighted by molar-refractivity contribution is 7.87. The Balaban J connectivity index is 2.71. The lowest BCUT2D eigenvalue weighted by atomic mass is 10.00. The Morgan fingerprint density at radius 1 is 1.11 bits per heavy atom. The Morgan fingerprint density at radius 2 is 1.70 bits per heavy atom. The zero-order valence-electron chi connectivity index (χ0n) is 24.0. The lowest BCUT2D eigenvalue weighted by Crippen LogP contribution is -2.44. The van der Waals surface area contributed by atoms with E-state index in [9.17, 15) is 8.42 Å². The molecule has 0 amide bonds. The van der Waals surface area contributed by atoms with Crippen molar-refractivity contribution in [1.29, 1.82) is 0 Å². The molecule has 0 atom stereocenters. The van der Waals surface area contributed by atoms with Gasteiger partial charge in [-0.1, -0.05) is 52.0 Å². The van der Waals surface area contributed by atoms with Crippen molar-refractivity contribution < 1.29 is 21.8 Å². The highest BCUT2D eigenvalue weighted by atomic mass is 32.2. The van der Waals surface area contributed by atoms with Crippen molar-refractivity contribution in [2.45, 2.75) is 84.3 Å². The largest absolute Gasteiger partial charge is 0.541 e. The van der Waals surface area contributed by atoms with Crippen LogP contribution in [0.2, 0.25) is 18.1 Å². The highest BCUT2D eigenvalue weighted by Crippen LogP contribution is 2.48. The van der Waals surface area contributed by atoms with Crippen molar-refractivity contribution in [3.05, 3.63) is 71.0 Å². The van der Waals surface area contributed by atoms with Crippen LogP contribution in [0.15, 0.2) is 59.2 Å². The predicted octanol–water partition coefficient (Wildman–Crippen LogP) is 8.38. The van der Waals surface area contributed by atoms with Gasteiger partial charge in [0.2, 0.25) is 0 Å². The Hall–Kier alpha value is -2.73. The lowest BCUT2D eigenvalue weighted by molar-refractivity contribution is 0.379. The van der Waals surface area contributed by atoms with E-state index in [2.05, 4.69) is 53.1 Å². The van der Waals surface area contributed by atoms with Gasteiger partial charge in [-0.05, 0) is 87.2 Å². The third kappa shape index (κ3) is 7.41. The van der Waals surface area contributed by atoms with Crippen LogP contribution in [0, 0.1) is 13.8 Å². The van der Waals surface area contributed by atoms with Gasteiger partial charge in [0.15, 0.2) is 11.5 Å². The Kier molecular flexibility index (Phi) is 9.69. The van der Waals surface area contributed by atoms with E-state index in [4.69, 9.17) is 13.3 Å². The van der Waals surface area contributed by atoms with Crippen LogP contribution in [0.25, 0.3) is 5.57 Å². The fraction of sp³-hybridized carbons (Fsp3) is 0.433. The van der Waals surface area contributed by atoms with E-state index in [1.807, 2.05) is 19.9 Å². The van der Waals surface area contributed by atoms with Gasteiger partial charge < -0.3 is 13.3 Å². The van der Waals surface area contributed by atoms with Crippen molar-refractivity contribution >= 4 is 24.0 Å². The zero-order chi connectivity index (χ0) is 28.2. The normalized spacial score (nSPS) is 11.9. The molecule has 5 nitrogen and oxygen atoms in total. The average Bonchev–Trinajstić information content (AvgIpc) is 2.80. The molecule has 7 heteroatoms. The van der Waals surface area contributed by atoms with E-state index < -0.39 is 18.4 Å². The van der Waals surface area contributed by atoms with Crippen LogP contribution < -0.4 is 13.3 Å². The molecule has 0 saturated heterocycles. The summed E-state index contributed by atoms with van der Waals surface area (Å²) in [4.78, 5) is 0.0848. The van der Waals surface area contributed by atoms with Crippen molar-refractivity contribution in [3.8, 4) is 17.2 Å². The Morgan fingerprint density at radius 3 is 2.22 bits per heavy atom. The van der Waals surface area contributed by atoms with Crippen LogP contribution >= 0.6 is 0 Å². The van der Waals surface area contributed by atoms with E-state index >= 15 is 0 Å². The van der Waals surface area contributed by atoms with Crippen LogP contribution in [-0.2, 0) is 10.1 Å². The first-order valence-electron chi connectivity index (χ1n) is 12.5. The summed E-state index contributed by atoms with van der Waals surface area (Å²) in [5, 5.41) is -0.0602. The second-order valence-electron chi connectivity index (χ2n) is 10.9. The molecule has 0 radical (unpaired) electrons. The summed E-state index contributed by atoms with van der Waals surface area (Å²) < 4.78 is 44.5. The van der Waals surface area contributed by atoms with Crippen LogP contribution in [0.3, 0.4) is 0 Å². The maximum atomic E-state index is 13.1. The van der Waals surface area contributed by atoms with Gasteiger partial charge in [0, 0.05) is 11.1 Å². The first kappa shape index (κ1) is 30.5. The molecule has 2 rings (SSSR count). The van der Waals surface area contributed by atoms with E-state index in [1.54, 1.807) is 44.4 Å². The van der Waals surface area contributed by atoms with Crippen LogP contribution in [-0.4, -0.2) is 23.8 Å². The highest BCUT2D eigenvalue weighted by Gasteiger charge is 2.40. The quantitative estimate of drug-likeness (QED) is 0.171. The SMILES string of the molecule is C=C(CC=C=C(C)CC)c1cc(OS(=O)(=O)c2ccc(C)cc2)c(C)c(OC)c1O[Si](C)(C)C(C)(C)C. The average molecular weight is 543 g/mol. The molecule has 0 heterocycles. The molecule has 202 valence electrons. The first-order chi connectivity index (χ1) is 17.0. The molecular weight excluding hydrogens is 500 g/mol. The van der Waals surface area contributed by atoms with E-state index in [0.717, 1.165) is 23.1 Å². The van der Waals surface area contributed by atoms with Gasteiger partial charge in [-0.15, -0.1) is 5.73 Å². The van der Waals surface area contributed by atoms with Gasteiger partial charge in [-0.25, -0.2) is 0 Å². The molecule has 0 N–H and O–H groups in total. The summed E-state index contributed by atoms with van der Waals surface area (Å²) in [6.07, 6.45) is 3.37. The van der Waals surface area contributed by atoms with Crippen molar-refractivity contribution in [2.24, 2.45) is 0 Å². The zero-order valence-corrected chi connectivity index (χ0v) is 25.9. The number of rotatable bonds is 10. The van der Waals surface area contributed by atoms with Gasteiger partial charge in [0.25, 0.3) is 8.32 Å². The van der Waals surface area contributed by atoms with Crippen molar-refractivity contribution in [1.82, 2.24) is 0 Å². The van der Waals surface area contributed by atoms with Crippen molar-refractivity contribution in [3.63, 3.8) is 0 Å². The third-order valence-electron chi connectivity index (χ3n) is 6.92. The van der Waals surface area contributed by atoms with E-state index in [0.29, 0.717) is 29.0 Å². The molecule has 37 heavy (non-hydrogen) atoms. The molecular formula is C30H42O5SSi. The minimum Gasteiger partial charge on any atom is -0.541 e. The van der Waals surface area contributed by atoms with Gasteiger partial charge in [-0.3, -0.25) is 0 Å². The second kappa shape index (κ2) is 11.8. The molecule has 0 saturated carbocycles. The maximum Gasteiger partial charge on any atom is 0.339 e. The monoisotopic (exact) mass is 542 g/mol. The van der Waals surface area contributed by atoms with Gasteiger partial charge in [0.1, 0.15) is 10.6 Å². The molecule has 2 aromatic carbocycles. The molecule has 0 spiro atoms. The number of ether oxygens (including phenoxy) is 1. The van der Waals surface area contributed by atoms with Gasteiger partial charge in [-0.2, -0.15) is 8.42 Å². The number of hydrogen-bond acceptors (Lipinski definition) is 5.